The van der Waals surface area contributed by atoms with Gasteiger partial charge in [0.1, 0.15) is 13.2 Å². The first kappa shape index (κ1) is 14.4. The standard InChI is InChI=1S/C17H19NO5/c19-16(11-8-12(11)17(20)21)18-15(9-1-2-9)10-3-4-13-14(7-10)23-6-5-22-13/h3-4,7,9,11-12,15H,1-2,5-6,8H2,(H,18,19)(H,20,21)/t11-,12-,15+/m1/s1. The highest BCUT2D eigenvalue weighted by Gasteiger charge is 2.49. The number of hydrogen-bond donors (Lipinski definition) is 2. The number of ether oxygens (including phenoxy) is 2. The van der Waals surface area contributed by atoms with Crippen LogP contribution in [0.4, 0.5) is 0 Å². The molecule has 0 bridgehead atoms. The molecule has 0 aromatic heterocycles. The smallest absolute Gasteiger partial charge is 0.307 e. The van der Waals surface area contributed by atoms with Gasteiger partial charge in [0, 0.05) is 0 Å². The number of rotatable bonds is 5. The number of carbonyl (C=O) groups excluding carboxylic acids is 1. The minimum atomic E-state index is -0.882. The van der Waals surface area contributed by atoms with Crippen molar-refractivity contribution in [2.75, 3.05) is 13.2 Å². The molecule has 0 saturated heterocycles. The van der Waals surface area contributed by atoms with E-state index in [0.717, 1.165) is 24.2 Å². The van der Waals surface area contributed by atoms with Gasteiger partial charge in [-0.1, -0.05) is 6.07 Å². The van der Waals surface area contributed by atoms with Crippen LogP contribution in [-0.4, -0.2) is 30.2 Å². The summed E-state index contributed by atoms with van der Waals surface area (Å²) < 4.78 is 11.1. The normalized spacial score (nSPS) is 26.3. The van der Waals surface area contributed by atoms with Crippen LogP contribution in [-0.2, 0) is 9.59 Å². The molecule has 3 atom stereocenters. The van der Waals surface area contributed by atoms with Crippen molar-refractivity contribution >= 4 is 11.9 Å². The molecule has 6 nitrogen and oxygen atoms in total. The lowest BCUT2D eigenvalue weighted by Crippen LogP contribution is -2.32. The van der Waals surface area contributed by atoms with Gasteiger partial charge in [0.05, 0.1) is 17.9 Å². The molecule has 1 aliphatic heterocycles. The van der Waals surface area contributed by atoms with Gasteiger partial charge in [-0.05, 0) is 42.9 Å². The topological polar surface area (TPSA) is 84.9 Å². The van der Waals surface area contributed by atoms with Crippen molar-refractivity contribution in [3.05, 3.63) is 23.8 Å². The highest BCUT2D eigenvalue weighted by Crippen LogP contribution is 2.45. The van der Waals surface area contributed by atoms with Gasteiger partial charge in [-0.3, -0.25) is 9.59 Å². The molecule has 2 aliphatic carbocycles. The molecule has 23 heavy (non-hydrogen) atoms. The molecule has 2 fully saturated rings. The van der Waals surface area contributed by atoms with Gasteiger partial charge >= 0.3 is 5.97 Å². The van der Waals surface area contributed by atoms with Crippen molar-refractivity contribution in [1.82, 2.24) is 5.32 Å². The van der Waals surface area contributed by atoms with Crippen LogP contribution in [0, 0.1) is 17.8 Å². The largest absolute Gasteiger partial charge is 0.486 e. The van der Waals surface area contributed by atoms with E-state index in [1.807, 2.05) is 18.2 Å². The lowest BCUT2D eigenvalue weighted by Gasteiger charge is -2.23. The SMILES string of the molecule is O=C(O)[C@@H]1C[C@H]1C(=O)N[C@H](c1ccc2c(c1)OCCO2)C1CC1. The number of carboxylic acids is 1. The molecule has 6 heteroatoms. The Morgan fingerprint density at radius 2 is 1.87 bits per heavy atom. The first-order chi connectivity index (χ1) is 11.1. The summed E-state index contributed by atoms with van der Waals surface area (Å²) in [4.78, 5) is 23.2. The van der Waals surface area contributed by atoms with Crippen molar-refractivity contribution in [2.45, 2.75) is 25.3 Å². The Kier molecular flexibility index (Phi) is 3.39. The molecule has 2 N–H and O–H groups in total. The molecular formula is C17H19NO5. The third-order valence-electron chi connectivity index (χ3n) is 4.76. The monoisotopic (exact) mass is 317 g/mol. The molecule has 3 aliphatic rings. The van der Waals surface area contributed by atoms with Gasteiger partial charge in [0.15, 0.2) is 11.5 Å². The summed E-state index contributed by atoms with van der Waals surface area (Å²) in [7, 11) is 0. The molecule has 1 aromatic carbocycles. The average molecular weight is 317 g/mol. The van der Waals surface area contributed by atoms with Crippen LogP contribution in [0.5, 0.6) is 11.5 Å². The first-order valence-electron chi connectivity index (χ1n) is 8.06. The summed E-state index contributed by atoms with van der Waals surface area (Å²) in [5.74, 6) is -0.0706. The minimum Gasteiger partial charge on any atom is -0.486 e. The van der Waals surface area contributed by atoms with E-state index in [1.54, 1.807) is 0 Å². The quantitative estimate of drug-likeness (QED) is 0.864. The Labute approximate surface area is 133 Å². The summed E-state index contributed by atoms with van der Waals surface area (Å²) in [5, 5.41) is 12.0. The fourth-order valence-corrected chi connectivity index (χ4v) is 3.17. The van der Waals surface area contributed by atoms with Gasteiger partial charge < -0.3 is 19.9 Å². The Bertz CT molecular complexity index is 654. The second-order valence-electron chi connectivity index (χ2n) is 6.51. The Morgan fingerprint density at radius 3 is 2.52 bits per heavy atom. The van der Waals surface area contributed by atoms with E-state index >= 15 is 0 Å². The van der Waals surface area contributed by atoms with E-state index in [2.05, 4.69) is 5.32 Å². The zero-order valence-electron chi connectivity index (χ0n) is 12.7. The third-order valence-corrected chi connectivity index (χ3v) is 4.76. The maximum atomic E-state index is 12.3. The summed E-state index contributed by atoms with van der Waals surface area (Å²) in [6.07, 6.45) is 2.60. The third kappa shape index (κ3) is 2.85. The van der Waals surface area contributed by atoms with E-state index in [4.69, 9.17) is 14.6 Å². The molecule has 4 rings (SSSR count). The highest BCUT2D eigenvalue weighted by atomic mass is 16.6. The lowest BCUT2D eigenvalue weighted by molar-refractivity contribution is -0.140. The van der Waals surface area contributed by atoms with E-state index in [0.29, 0.717) is 31.3 Å². The predicted octanol–water partition coefficient (Wildman–Crippen LogP) is 1.75. The summed E-state index contributed by atoms with van der Waals surface area (Å²) >= 11 is 0. The van der Waals surface area contributed by atoms with Crippen molar-refractivity contribution in [3.8, 4) is 11.5 Å². The average Bonchev–Trinajstić information content (AvgIpc) is 3.44. The molecule has 0 unspecified atom stereocenters. The van der Waals surface area contributed by atoms with Crippen LogP contribution in [0.2, 0.25) is 0 Å². The van der Waals surface area contributed by atoms with E-state index in [1.165, 1.54) is 0 Å². The number of aliphatic carboxylic acids is 1. The van der Waals surface area contributed by atoms with Crippen LogP contribution in [0.15, 0.2) is 18.2 Å². The summed E-state index contributed by atoms with van der Waals surface area (Å²) in [6, 6.07) is 5.69. The van der Waals surface area contributed by atoms with Crippen LogP contribution in [0.3, 0.4) is 0 Å². The molecule has 1 heterocycles. The van der Waals surface area contributed by atoms with Gasteiger partial charge in [-0.25, -0.2) is 0 Å². The second kappa shape index (κ2) is 5.44. The minimum absolute atomic E-state index is 0.0756. The Balaban J connectivity index is 1.50. The number of carboxylic acid groups (broad SMARTS) is 1. The number of nitrogens with one attached hydrogen (secondary N) is 1. The highest BCUT2D eigenvalue weighted by molar-refractivity contribution is 5.89. The van der Waals surface area contributed by atoms with Crippen molar-refractivity contribution < 1.29 is 24.2 Å². The fraction of sp³-hybridized carbons (Fsp3) is 0.529. The lowest BCUT2D eigenvalue weighted by atomic mass is 10.0. The molecule has 2 saturated carbocycles. The van der Waals surface area contributed by atoms with Crippen LogP contribution in [0.25, 0.3) is 0 Å². The van der Waals surface area contributed by atoms with Gasteiger partial charge in [-0.2, -0.15) is 0 Å². The molecule has 122 valence electrons. The second-order valence-corrected chi connectivity index (χ2v) is 6.51. The van der Waals surface area contributed by atoms with Crippen molar-refractivity contribution in [2.24, 2.45) is 17.8 Å². The van der Waals surface area contributed by atoms with E-state index in [9.17, 15) is 9.59 Å². The van der Waals surface area contributed by atoms with Gasteiger partial charge in [0.2, 0.25) is 5.91 Å². The predicted molar refractivity (Wildman–Crippen MR) is 80.3 cm³/mol. The van der Waals surface area contributed by atoms with Crippen molar-refractivity contribution in [3.63, 3.8) is 0 Å². The van der Waals surface area contributed by atoms with Gasteiger partial charge in [-0.15, -0.1) is 0 Å². The van der Waals surface area contributed by atoms with E-state index < -0.39 is 11.9 Å². The van der Waals surface area contributed by atoms with E-state index in [-0.39, 0.29) is 17.9 Å². The zero-order valence-corrected chi connectivity index (χ0v) is 12.7. The Morgan fingerprint density at radius 1 is 1.13 bits per heavy atom. The number of hydrogen-bond acceptors (Lipinski definition) is 4. The summed E-state index contributed by atoms with van der Waals surface area (Å²) in [5.41, 5.74) is 0.998. The van der Waals surface area contributed by atoms with Crippen LogP contribution < -0.4 is 14.8 Å². The number of benzene rings is 1. The first-order valence-corrected chi connectivity index (χ1v) is 8.06. The number of carbonyl (C=O) groups is 2. The fourth-order valence-electron chi connectivity index (χ4n) is 3.17. The maximum Gasteiger partial charge on any atom is 0.307 e. The molecule has 1 amide bonds. The molecular weight excluding hydrogens is 298 g/mol. The van der Waals surface area contributed by atoms with Crippen LogP contribution in [0.1, 0.15) is 30.9 Å². The van der Waals surface area contributed by atoms with Crippen LogP contribution >= 0.6 is 0 Å². The number of amides is 1. The zero-order chi connectivity index (χ0) is 16.0. The molecule has 1 aromatic rings. The number of fused-ring (bicyclic) bond motifs is 1. The summed E-state index contributed by atoms with van der Waals surface area (Å²) in [6.45, 7) is 1.08. The maximum absolute atomic E-state index is 12.3. The Hall–Kier alpha value is -2.24. The molecule has 0 radical (unpaired) electrons. The van der Waals surface area contributed by atoms with Gasteiger partial charge in [0.25, 0.3) is 0 Å². The molecule has 0 spiro atoms. The van der Waals surface area contributed by atoms with Crippen molar-refractivity contribution in [1.29, 1.82) is 0 Å².